The number of hydrogen-bond acceptors (Lipinski definition) is 3. The van der Waals surface area contributed by atoms with Gasteiger partial charge in [0.2, 0.25) is 0 Å². The number of benzene rings is 2. The van der Waals surface area contributed by atoms with Crippen LogP contribution in [0.1, 0.15) is 45.9 Å². The van der Waals surface area contributed by atoms with Crippen LogP contribution in [0.2, 0.25) is 0 Å². The van der Waals surface area contributed by atoms with E-state index in [0.717, 1.165) is 42.7 Å². The van der Waals surface area contributed by atoms with Crippen molar-refractivity contribution in [3.05, 3.63) is 64.7 Å². The summed E-state index contributed by atoms with van der Waals surface area (Å²) in [6.45, 7) is 2.73. The Kier molecular flexibility index (Phi) is 4.22. The smallest absolute Gasteiger partial charge is 0.251 e. The highest BCUT2D eigenvalue weighted by molar-refractivity contribution is 5.94. The minimum absolute atomic E-state index is 0.0665. The van der Waals surface area contributed by atoms with E-state index < -0.39 is 0 Å². The lowest BCUT2D eigenvalue weighted by Crippen LogP contribution is -2.41. The number of aryl methyl sites for hydroxylation is 1. The van der Waals surface area contributed by atoms with Crippen molar-refractivity contribution in [2.75, 3.05) is 6.61 Å². The summed E-state index contributed by atoms with van der Waals surface area (Å²) in [4.78, 5) is 12.7. The zero-order chi connectivity index (χ0) is 17.4. The van der Waals surface area contributed by atoms with Crippen molar-refractivity contribution in [3.8, 4) is 5.75 Å². The van der Waals surface area contributed by atoms with Crippen LogP contribution in [-0.4, -0.2) is 23.7 Å². The molecule has 4 heteroatoms. The van der Waals surface area contributed by atoms with Crippen LogP contribution < -0.4 is 10.1 Å². The fraction of sp³-hybridized carbons (Fsp3) is 0.381. The average molecular weight is 337 g/mol. The summed E-state index contributed by atoms with van der Waals surface area (Å²) in [6, 6.07) is 13.7. The number of aliphatic hydroxyl groups is 1. The molecule has 1 amide bonds. The normalized spacial score (nSPS) is 22.5. The van der Waals surface area contributed by atoms with E-state index in [1.54, 1.807) is 0 Å². The Morgan fingerprint density at radius 2 is 1.96 bits per heavy atom. The molecule has 4 rings (SSSR count). The van der Waals surface area contributed by atoms with Gasteiger partial charge in [-0.05, 0) is 61.1 Å². The maximum atomic E-state index is 12.7. The van der Waals surface area contributed by atoms with E-state index in [9.17, 15) is 9.90 Å². The summed E-state index contributed by atoms with van der Waals surface area (Å²) >= 11 is 0. The van der Waals surface area contributed by atoms with Crippen LogP contribution >= 0.6 is 0 Å². The number of amides is 1. The third-order valence-corrected chi connectivity index (χ3v) is 5.29. The number of carbonyl (C=O) groups excluding carboxylic acids is 1. The minimum Gasteiger partial charge on any atom is -0.493 e. The highest BCUT2D eigenvalue weighted by Crippen LogP contribution is 2.40. The number of ether oxygens (including phenoxy) is 1. The molecule has 0 spiro atoms. The van der Waals surface area contributed by atoms with Gasteiger partial charge in [0, 0.05) is 12.0 Å². The van der Waals surface area contributed by atoms with Crippen LogP contribution in [0.15, 0.2) is 42.5 Å². The van der Waals surface area contributed by atoms with Gasteiger partial charge in [-0.1, -0.05) is 23.8 Å². The fourth-order valence-corrected chi connectivity index (χ4v) is 3.70. The van der Waals surface area contributed by atoms with Crippen molar-refractivity contribution >= 4 is 5.91 Å². The molecule has 1 aliphatic carbocycles. The average Bonchev–Trinajstić information content (AvgIpc) is 3.05. The van der Waals surface area contributed by atoms with Gasteiger partial charge in [-0.25, -0.2) is 0 Å². The maximum absolute atomic E-state index is 12.7. The molecule has 2 N–H and O–H groups in total. The molecule has 1 unspecified atom stereocenters. The third kappa shape index (κ3) is 3.27. The number of hydrogen-bond donors (Lipinski definition) is 2. The SMILES string of the molecule is Cc1ccc(C(=O)NC(c2ccc3c(c2)CCO3)C2CC(O)C2)cc1. The standard InChI is InChI=1S/C21H23NO3/c1-13-2-4-14(5-3-13)21(24)22-20(17-11-18(23)12-17)16-6-7-19-15(10-16)8-9-25-19/h2-7,10,17-18,20,23H,8-9,11-12H2,1H3,(H,22,24). The summed E-state index contributed by atoms with van der Waals surface area (Å²) in [5, 5.41) is 12.9. The first kappa shape index (κ1) is 16.2. The number of rotatable bonds is 4. The molecule has 4 nitrogen and oxygen atoms in total. The molecule has 1 aliphatic heterocycles. The highest BCUT2D eigenvalue weighted by Gasteiger charge is 2.36. The molecule has 0 aromatic heterocycles. The first-order valence-electron chi connectivity index (χ1n) is 8.91. The van der Waals surface area contributed by atoms with E-state index >= 15 is 0 Å². The van der Waals surface area contributed by atoms with Crippen molar-refractivity contribution < 1.29 is 14.6 Å². The molecule has 2 aromatic carbocycles. The topological polar surface area (TPSA) is 58.6 Å². The molecule has 0 saturated heterocycles. The van der Waals surface area contributed by atoms with Crippen molar-refractivity contribution in [2.45, 2.75) is 38.3 Å². The van der Waals surface area contributed by atoms with Gasteiger partial charge in [-0.15, -0.1) is 0 Å². The Hall–Kier alpha value is -2.33. The first-order valence-corrected chi connectivity index (χ1v) is 8.91. The van der Waals surface area contributed by atoms with Gasteiger partial charge in [0.25, 0.3) is 5.91 Å². The zero-order valence-corrected chi connectivity index (χ0v) is 14.4. The molecular formula is C21H23NO3. The monoisotopic (exact) mass is 337 g/mol. The van der Waals surface area contributed by atoms with E-state index in [2.05, 4.69) is 11.4 Å². The summed E-state index contributed by atoms with van der Waals surface area (Å²) in [7, 11) is 0. The predicted molar refractivity (Wildman–Crippen MR) is 95.8 cm³/mol. The van der Waals surface area contributed by atoms with Crippen LogP contribution in [0.4, 0.5) is 0 Å². The maximum Gasteiger partial charge on any atom is 0.251 e. The quantitative estimate of drug-likeness (QED) is 0.901. The molecule has 1 fully saturated rings. The summed E-state index contributed by atoms with van der Waals surface area (Å²) in [5.74, 6) is 1.15. The fourth-order valence-electron chi connectivity index (χ4n) is 3.70. The lowest BCUT2D eigenvalue weighted by Gasteiger charge is -2.38. The van der Waals surface area contributed by atoms with Gasteiger partial charge in [-0.2, -0.15) is 0 Å². The Labute approximate surface area is 147 Å². The van der Waals surface area contributed by atoms with E-state index in [4.69, 9.17) is 4.74 Å². The van der Waals surface area contributed by atoms with Crippen molar-refractivity contribution in [3.63, 3.8) is 0 Å². The molecular weight excluding hydrogens is 314 g/mol. The van der Waals surface area contributed by atoms with Crippen molar-refractivity contribution in [1.29, 1.82) is 0 Å². The third-order valence-electron chi connectivity index (χ3n) is 5.29. The Bertz CT molecular complexity index is 778. The van der Waals surface area contributed by atoms with Crippen molar-refractivity contribution in [1.82, 2.24) is 5.32 Å². The molecule has 0 bridgehead atoms. The van der Waals surface area contributed by atoms with E-state index in [1.807, 2.05) is 43.3 Å². The molecule has 0 radical (unpaired) electrons. The Balaban J connectivity index is 1.58. The van der Waals surface area contributed by atoms with E-state index in [0.29, 0.717) is 5.56 Å². The predicted octanol–water partition coefficient (Wildman–Crippen LogP) is 3.17. The number of nitrogens with one attached hydrogen (secondary N) is 1. The van der Waals surface area contributed by atoms with Gasteiger partial charge in [-0.3, -0.25) is 4.79 Å². The Morgan fingerprint density at radius 3 is 2.68 bits per heavy atom. The number of carbonyl (C=O) groups is 1. The first-order chi connectivity index (χ1) is 12.1. The lowest BCUT2D eigenvalue weighted by atomic mass is 9.74. The van der Waals surface area contributed by atoms with Crippen LogP contribution in [0.5, 0.6) is 5.75 Å². The molecule has 1 atom stereocenters. The van der Waals surface area contributed by atoms with Crippen LogP contribution in [0.3, 0.4) is 0 Å². The lowest BCUT2D eigenvalue weighted by molar-refractivity contribution is 0.0235. The summed E-state index contributed by atoms with van der Waals surface area (Å²) in [5.41, 5.74) is 4.10. The zero-order valence-electron chi connectivity index (χ0n) is 14.4. The highest BCUT2D eigenvalue weighted by atomic mass is 16.5. The van der Waals surface area contributed by atoms with Gasteiger partial charge in [0.1, 0.15) is 5.75 Å². The second-order valence-corrected chi connectivity index (χ2v) is 7.17. The molecule has 2 aromatic rings. The van der Waals surface area contributed by atoms with Crippen LogP contribution in [0, 0.1) is 12.8 Å². The number of aliphatic hydroxyl groups excluding tert-OH is 1. The van der Waals surface area contributed by atoms with Gasteiger partial charge >= 0.3 is 0 Å². The van der Waals surface area contributed by atoms with E-state index in [-0.39, 0.29) is 24.0 Å². The van der Waals surface area contributed by atoms with E-state index in [1.165, 1.54) is 5.56 Å². The van der Waals surface area contributed by atoms with Crippen LogP contribution in [0.25, 0.3) is 0 Å². The molecule has 1 saturated carbocycles. The molecule has 2 aliphatic rings. The summed E-state index contributed by atoms with van der Waals surface area (Å²) in [6.07, 6.45) is 2.12. The second-order valence-electron chi connectivity index (χ2n) is 7.17. The van der Waals surface area contributed by atoms with Gasteiger partial charge in [0.05, 0.1) is 18.8 Å². The van der Waals surface area contributed by atoms with Gasteiger partial charge < -0.3 is 15.2 Å². The van der Waals surface area contributed by atoms with Crippen molar-refractivity contribution in [2.24, 2.45) is 5.92 Å². The minimum atomic E-state index is -0.249. The largest absolute Gasteiger partial charge is 0.493 e. The van der Waals surface area contributed by atoms with Crippen LogP contribution in [-0.2, 0) is 6.42 Å². The number of fused-ring (bicyclic) bond motifs is 1. The molecule has 130 valence electrons. The second kappa shape index (κ2) is 6.52. The molecule has 1 heterocycles. The summed E-state index contributed by atoms with van der Waals surface area (Å²) < 4.78 is 5.59. The van der Waals surface area contributed by atoms with Gasteiger partial charge in [0.15, 0.2) is 0 Å². The molecule has 25 heavy (non-hydrogen) atoms. The Morgan fingerprint density at radius 1 is 1.20 bits per heavy atom.